The van der Waals surface area contributed by atoms with Gasteiger partial charge in [0.15, 0.2) is 11.6 Å². The van der Waals surface area contributed by atoms with Crippen molar-refractivity contribution in [2.24, 2.45) is 5.92 Å². The van der Waals surface area contributed by atoms with Crippen LogP contribution in [-0.4, -0.2) is 29.6 Å². The first-order chi connectivity index (χ1) is 19.9. The number of halogens is 1. The van der Waals surface area contributed by atoms with E-state index >= 15 is 0 Å². The predicted molar refractivity (Wildman–Crippen MR) is 164 cm³/mol. The van der Waals surface area contributed by atoms with E-state index in [1.807, 2.05) is 89.2 Å². The number of ketones is 2. The molecule has 4 heterocycles. The number of hydrogen-bond acceptors (Lipinski definition) is 5. The maximum absolute atomic E-state index is 14.8. The summed E-state index contributed by atoms with van der Waals surface area (Å²) in [6, 6.07) is 22.9. The molecule has 7 rings (SSSR count). The van der Waals surface area contributed by atoms with E-state index in [0.717, 1.165) is 35.2 Å². The van der Waals surface area contributed by atoms with Gasteiger partial charge in [0, 0.05) is 22.0 Å². The first-order valence-corrected chi connectivity index (χ1v) is 15.1. The molecule has 5 nitrogen and oxygen atoms in total. The van der Waals surface area contributed by atoms with Crippen molar-refractivity contribution in [2.45, 2.75) is 37.3 Å². The Morgan fingerprint density at radius 1 is 1.00 bits per heavy atom. The lowest BCUT2D eigenvalue weighted by molar-refractivity contribution is -0.121. The van der Waals surface area contributed by atoms with E-state index in [1.54, 1.807) is 12.1 Å². The standard InChI is InChI=1S/C34H27ClN2O3S/c1-2-6-20-10-12-21(13-11-20)31(38)29-30(32(39)27-9-5-18-41-27)37-26-16-15-23(35)19-22(26)14-17-28(37)34(29)24-7-3-4-8-25(24)36-33(34)40/h3-5,7-19,28-30H,2,6H2,1H3,(H,36,40). The predicted octanol–water partition coefficient (Wildman–Crippen LogP) is 7.21. The van der Waals surface area contributed by atoms with Crippen molar-refractivity contribution >= 4 is 57.9 Å². The van der Waals surface area contributed by atoms with E-state index in [-0.39, 0.29) is 17.5 Å². The second kappa shape index (κ2) is 9.82. The highest BCUT2D eigenvalue weighted by atomic mass is 35.5. The number of anilines is 2. The zero-order valence-electron chi connectivity index (χ0n) is 22.3. The van der Waals surface area contributed by atoms with Gasteiger partial charge in [-0.15, -0.1) is 11.3 Å². The molecule has 0 radical (unpaired) electrons. The minimum Gasteiger partial charge on any atom is -0.352 e. The third-order valence-corrected chi connectivity index (χ3v) is 9.81. The van der Waals surface area contributed by atoms with Gasteiger partial charge >= 0.3 is 0 Å². The number of rotatable bonds is 6. The van der Waals surface area contributed by atoms with Crippen LogP contribution in [0.5, 0.6) is 0 Å². The summed E-state index contributed by atoms with van der Waals surface area (Å²) in [4.78, 5) is 46.3. The molecule has 3 aliphatic rings. The van der Waals surface area contributed by atoms with Gasteiger partial charge in [-0.25, -0.2) is 0 Å². The van der Waals surface area contributed by atoms with Gasteiger partial charge < -0.3 is 10.2 Å². The Balaban J connectivity index is 1.50. The third-order valence-electron chi connectivity index (χ3n) is 8.69. The molecule has 1 spiro atoms. The van der Waals surface area contributed by atoms with E-state index < -0.39 is 23.4 Å². The fourth-order valence-corrected chi connectivity index (χ4v) is 7.90. The molecule has 204 valence electrons. The van der Waals surface area contributed by atoms with Gasteiger partial charge in [-0.3, -0.25) is 14.4 Å². The molecule has 4 unspecified atom stereocenters. The zero-order valence-corrected chi connectivity index (χ0v) is 23.9. The number of aryl methyl sites for hydroxylation is 1. The van der Waals surface area contributed by atoms with Crippen molar-refractivity contribution in [3.05, 3.63) is 122 Å². The topological polar surface area (TPSA) is 66.5 Å². The van der Waals surface area contributed by atoms with Gasteiger partial charge in [0.2, 0.25) is 5.91 Å². The number of Topliss-reactive ketones (excluding diaryl/α,β-unsaturated/α-hetero) is 2. The number of fused-ring (bicyclic) bond motifs is 6. The largest absolute Gasteiger partial charge is 0.352 e. The van der Waals surface area contributed by atoms with Crippen LogP contribution in [0.15, 0.2) is 90.3 Å². The fourth-order valence-electron chi connectivity index (χ4n) is 7.02. The van der Waals surface area contributed by atoms with Crippen LogP contribution in [0.25, 0.3) is 6.08 Å². The lowest BCUT2D eigenvalue weighted by atomic mass is 9.64. The minimum atomic E-state index is -1.32. The Morgan fingerprint density at radius 3 is 2.56 bits per heavy atom. The van der Waals surface area contributed by atoms with Crippen LogP contribution in [0, 0.1) is 5.92 Å². The Hall–Kier alpha value is -4.00. The monoisotopic (exact) mass is 578 g/mol. The molecule has 0 saturated carbocycles. The number of thiophene rings is 1. The zero-order chi connectivity index (χ0) is 28.3. The van der Waals surface area contributed by atoms with Crippen LogP contribution < -0.4 is 10.2 Å². The maximum Gasteiger partial charge on any atom is 0.238 e. The van der Waals surface area contributed by atoms with E-state index in [4.69, 9.17) is 11.6 Å². The number of nitrogens with zero attached hydrogens (tertiary/aromatic N) is 1. The molecular formula is C34H27ClN2O3S. The second-order valence-electron chi connectivity index (χ2n) is 10.9. The smallest absolute Gasteiger partial charge is 0.238 e. The van der Waals surface area contributed by atoms with Gasteiger partial charge in [-0.05, 0) is 58.8 Å². The number of hydrogen-bond donors (Lipinski definition) is 1. The molecule has 1 N–H and O–H groups in total. The Kier molecular flexibility index (Phi) is 6.21. The highest BCUT2D eigenvalue weighted by Gasteiger charge is 2.70. The summed E-state index contributed by atoms with van der Waals surface area (Å²) in [6.07, 6.45) is 5.83. The summed E-state index contributed by atoms with van der Waals surface area (Å²) in [5.41, 5.74) is 3.36. The lowest BCUT2D eigenvalue weighted by Crippen LogP contribution is -2.51. The van der Waals surface area contributed by atoms with E-state index in [1.165, 1.54) is 11.3 Å². The highest BCUT2D eigenvalue weighted by Crippen LogP contribution is 2.58. The molecule has 4 atom stereocenters. The van der Waals surface area contributed by atoms with E-state index in [2.05, 4.69) is 12.2 Å². The molecule has 1 amide bonds. The first-order valence-electron chi connectivity index (χ1n) is 13.8. The second-order valence-corrected chi connectivity index (χ2v) is 12.2. The van der Waals surface area contributed by atoms with Gasteiger partial charge in [0.1, 0.15) is 11.5 Å². The Morgan fingerprint density at radius 2 is 1.80 bits per heavy atom. The van der Waals surface area contributed by atoms with Gasteiger partial charge in [-0.2, -0.15) is 0 Å². The molecule has 0 aliphatic carbocycles. The Labute approximate surface area is 247 Å². The number of carbonyl (C=O) groups is 3. The Bertz CT molecular complexity index is 1730. The number of benzene rings is 3. The van der Waals surface area contributed by atoms with E-state index in [9.17, 15) is 14.4 Å². The van der Waals surface area contributed by atoms with Crippen molar-refractivity contribution in [3.8, 4) is 0 Å². The van der Waals surface area contributed by atoms with Gasteiger partial charge in [0.05, 0.1) is 16.8 Å². The average Bonchev–Trinajstić information content (AvgIpc) is 3.70. The van der Waals surface area contributed by atoms with Crippen LogP contribution in [0.1, 0.15) is 50.1 Å². The van der Waals surface area contributed by atoms with Crippen LogP contribution in [0.4, 0.5) is 11.4 Å². The molecule has 3 aliphatic heterocycles. The normalized spacial score (nSPS) is 23.7. The first kappa shape index (κ1) is 25.9. The molecule has 41 heavy (non-hydrogen) atoms. The number of para-hydroxylation sites is 1. The molecule has 1 aromatic heterocycles. The van der Waals surface area contributed by atoms with Crippen molar-refractivity contribution in [2.75, 3.05) is 10.2 Å². The SMILES string of the molecule is CCCc1ccc(C(=O)C2C(C(=O)c3cccs3)N3c4ccc(Cl)cc4C=CC3C23C(=O)Nc2ccccc23)cc1. The average molecular weight is 579 g/mol. The van der Waals surface area contributed by atoms with Gasteiger partial charge in [-0.1, -0.05) is 85.6 Å². The van der Waals surface area contributed by atoms with Crippen molar-refractivity contribution < 1.29 is 14.4 Å². The summed E-state index contributed by atoms with van der Waals surface area (Å²) < 4.78 is 0. The molecule has 1 saturated heterocycles. The molecule has 7 heteroatoms. The van der Waals surface area contributed by atoms with Crippen LogP contribution in [0.2, 0.25) is 5.02 Å². The maximum atomic E-state index is 14.8. The van der Waals surface area contributed by atoms with Crippen molar-refractivity contribution in [1.29, 1.82) is 0 Å². The molecule has 0 bridgehead atoms. The molecule has 4 aromatic rings. The number of amides is 1. The summed E-state index contributed by atoms with van der Waals surface area (Å²) in [5.74, 6) is -1.63. The third kappa shape index (κ3) is 3.77. The fraction of sp³-hybridized carbons (Fsp3) is 0.206. The summed E-state index contributed by atoms with van der Waals surface area (Å²) in [7, 11) is 0. The molecular weight excluding hydrogens is 552 g/mol. The quantitative estimate of drug-likeness (QED) is 0.246. The van der Waals surface area contributed by atoms with E-state index in [0.29, 0.717) is 21.2 Å². The lowest BCUT2D eigenvalue weighted by Gasteiger charge is -2.37. The number of carbonyl (C=O) groups excluding carboxylic acids is 3. The van der Waals surface area contributed by atoms with Crippen LogP contribution in [0.3, 0.4) is 0 Å². The summed E-state index contributed by atoms with van der Waals surface area (Å²) >= 11 is 7.72. The van der Waals surface area contributed by atoms with Crippen LogP contribution >= 0.6 is 22.9 Å². The van der Waals surface area contributed by atoms with Gasteiger partial charge in [0.25, 0.3) is 0 Å². The van der Waals surface area contributed by atoms with Crippen molar-refractivity contribution in [1.82, 2.24) is 0 Å². The van der Waals surface area contributed by atoms with Crippen molar-refractivity contribution in [3.63, 3.8) is 0 Å². The van der Waals surface area contributed by atoms with Crippen LogP contribution in [-0.2, 0) is 16.6 Å². The summed E-state index contributed by atoms with van der Waals surface area (Å²) in [5, 5.41) is 5.51. The summed E-state index contributed by atoms with van der Waals surface area (Å²) in [6.45, 7) is 2.12. The molecule has 1 fully saturated rings. The number of nitrogens with one attached hydrogen (secondary N) is 1. The molecule has 3 aromatic carbocycles. The minimum absolute atomic E-state index is 0.170. The highest BCUT2D eigenvalue weighted by molar-refractivity contribution is 7.12.